The summed E-state index contributed by atoms with van der Waals surface area (Å²) in [6.45, 7) is 6.02. The van der Waals surface area contributed by atoms with E-state index in [-0.39, 0.29) is 0 Å². The van der Waals surface area contributed by atoms with Gasteiger partial charge in [-0.05, 0) is 55.8 Å². The van der Waals surface area contributed by atoms with Crippen molar-refractivity contribution in [2.24, 2.45) is 5.73 Å². The zero-order valence-electron chi connectivity index (χ0n) is 15.2. The second-order valence-electron chi connectivity index (χ2n) is 6.74. The summed E-state index contributed by atoms with van der Waals surface area (Å²) in [5.74, 6) is 2.07. The van der Waals surface area contributed by atoms with E-state index in [0.717, 1.165) is 45.7 Å². The van der Waals surface area contributed by atoms with E-state index in [2.05, 4.69) is 11.9 Å². The molecule has 0 spiro atoms. The normalized spacial score (nSPS) is 16.8. The van der Waals surface area contributed by atoms with E-state index in [4.69, 9.17) is 15.5 Å². The Bertz CT molecular complexity index is 912. The summed E-state index contributed by atoms with van der Waals surface area (Å²) in [5.41, 5.74) is 8.58. The van der Waals surface area contributed by atoms with Crippen LogP contribution in [0.25, 0.3) is 17.0 Å². The monoisotopic (exact) mass is 377 g/mol. The van der Waals surface area contributed by atoms with Gasteiger partial charge in [0.2, 0.25) is 0 Å². The van der Waals surface area contributed by atoms with Crippen LogP contribution in [0, 0.1) is 0 Å². The highest BCUT2D eigenvalue weighted by Gasteiger charge is 2.22. The van der Waals surface area contributed by atoms with Gasteiger partial charge in [0.25, 0.3) is 0 Å². The van der Waals surface area contributed by atoms with Gasteiger partial charge in [-0.3, -0.25) is 0 Å². The van der Waals surface area contributed by atoms with Crippen LogP contribution in [0.4, 0.5) is 0 Å². The van der Waals surface area contributed by atoms with E-state index < -0.39 is 0 Å². The Balaban J connectivity index is 1.60. The van der Waals surface area contributed by atoms with Crippen molar-refractivity contribution in [1.82, 2.24) is 10.3 Å². The minimum absolute atomic E-state index is 0.455. The zero-order valence-corrected chi connectivity index (χ0v) is 16.0. The predicted molar refractivity (Wildman–Crippen MR) is 112 cm³/mol. The second kappa shape index (κ2) is 7.94. The van der Waals surface area contributed by atoms with E-state index in [9.17, 15) is 0 Å². The molecule has 0 saturated carbocycles. The molecule has 0 bridgehead atoms. The smallest absolute Gasteiger partial charge is 0.127 e. The van der Waals surface area contributed by atoms with Crippen LogP contribution in [0.5, 0.6) is 11.5 Å². The standard InChI is InChI=1S/C22H23N3OS/c1-15(23)21-20(25-22(27-21)17-6-5-13-24-14-17)16-9-11-19(12-10-16)26-18-7-3-2-4-8-18/h2-4,7-12,17,24H,1,5-6,13-14,23H2/t17-/m1/s1. The van der Waals surface area contributed by atoms with Crippen LogP contribution in [-0.2, 0) is 0 Å². The lowest BCUT2D eigenvalue weighted by Gasteiger charge is -2.20. The summed E-state index contributed by atoms with van der Waals surface area (Å²) in [4.78, 5) is 5.90. The summed E-state index contributed by atoms with van der Waals surface area (Å²) in [6, 6.07) is 17.8. The van der Waals surface area contributed by atoms with Crippen LogP contribution >= 0.6 is 11.3 Å². The van der Waals surface area contributed by atoms with Crippen LogP contribution in [-0.4, -0.2) is 18.1 Å². The van der Waals surface area contributed by atoms with E-state index >= 15 is 0 Å². The average molecular weight is 378 g/mol. The number of ether oxygens (including phenoxy) is 1. The van der Waals surface area contributed by atoms with E-state index in [1.54, 1.807) is 11.3 Å². The topological polar surface area (TPSA) is 60.2 Å². The number of thiazole rings is 1. The highest BCUT2D eigenvalue weighted by Crippen LogP contribution is 2.37. The lowest BCUT2D eigenvalue weighted by atomic mass is 10.0. The molecular weight excluding hydrogens is 354 g/mol. The number of nitrogens with two attached hydrogens (primary N) is 1. The molecular formula is C22H23N3OS. The van der Waals surface area contributed by atoms with Gasteiger partial charge in [0, 0.05) is 23.7 Å². The number of nitrogens with zero attached hydrogens (tertiary/aromatic N) is 1. The van der Waals surface area contributed by atoms with Gasteiger partial charge in [-0.1, -0.05) is 24.8 Å². The predicted octanol–water partition coefficient (Wildman–Crippen LogP) is 5.00. The lowest BCUT2D eigenvalue weighted by Crippen LogP contribution is -2.28. The fourth-order valence-corrected chi connectivity index (χ4v) is 4.40. The first-order valence-corrected chi connectivity index (χ1v) is 10.0. The lowest BCUT2D eigenvalue weighted by molar-refractivity contribution is 0.460. The van der Waals surface area contributed by atoms with Crippen LogP contribution in [0.2, 0.25) is 0 Å². The molecule has 1 fully saturated rings. The summed E-state index contributed by atoms with van der Waals surface area (Å²) < 4.78 is 5.88. The molecule has 1 aromatic heterocycles. The molecule has 1 aliphatic heterocycles. The number of benzene rings is 2. The first-order valence-electron chi connectivity index (χ1n) is 9.20. The highest BCUT2D eigenvalue weighted by atomic mass is 32.1. The van der Waals surface area contributed by atoms with Crippen molar-refractivity contribution in [3.05, 3.63) is 71.1 Å². The molecule has 1 aliphatic rings. The summed E-state index contributed by atoms with van der Waals surface area (Å²) in [6.07, 6.45) is 2.35. The fourth-order valence-electron chi connectivity index (χ4n) is 3.29. The molecule has 2 aromatic carbocycles. The van der Waals surface area contributed by atoms with Crippen molar-refractivity contribution in [2.75, 3.05) is 13.1 Å². The largest absolute Gasteiger partial charge is 0.457 e. The Labute approximate surface area is 163 Å². The number of para-hydroxylation sites is 1. The Hall–Kier alpha value is -2.63. The minimum Gasteiger partial charge on any atom is -0.457 e. The molecule has 0 unspecified atom stereocenters. The molecule has 5 heteroatoms. The van der Waals surface area contributed by atoms with Gasteiger partial charge in [-0.15, -0.1) is 11.3 Å². The quantitative estimate of drug-likeness (QED) is 0.657. The first kappa shape index (κ1) is 17.8. The van der Waals surface area contributed by atoms with Crippen molar-refractivity contribution in [3.63, 3.8) is 0 Å². The summed E-state index contributed by atoms with van der Waals surface area (Å²) >= 11 is 1.67. The summed E-state index contributed by atoms with van der Waals surface area (Å²) in [5, 5.41) is 4.60. The first-order chi connectivity index (χ1) is 13.2. The Morgan fingerprint density at radius 2 is 1.85 bits per heavy atom. The van der Waals surface area contributed by atoms with E-state index in [1.807, 2.05) is 54.6 Å². The van der Waals surface area contributed by atoms with Crippen molar-refractivity contribution < 1.29 is 4.74 Å². The van der Waals surface area contributed by atoms with E-state index in [1.165, 1.54) is 12.8 Å². The number of rotatable bonds is 5. The van der Waals surface area contributed by atoms with E-state index in [0.29, 0.717) is 11.6 Å². The Morgan fingerprint density at radius 1 is 1.11 bits per heavy atom. The molecule has 1 atom stereocenters. The molecule has 4 rings (SSSR count). The third kappa shape index (κ3) is 4.04. The molecule has 0 radical (unpaired) electrons. The van der Waals surface area contributed by atoms with Crippen LogP contribution in [0.1, 0.15) is 28.6 Å². The van der Waals surface area contributed by atoms with Crippen molar-refractivity contribution >= 4 is 17.0 Å². The number of hydrogen-bond acceptors (Lipinski definition) is 5. The number of nitrogens with one attached hydrogen (secondary N) is 1. The van der Waals surface area contributed by atoms with Crippen LogP contribution in [0.3, 0.4) is 0 Å². The Kier molecular flexibility index (Phi) is 5.23. The van der Waals surface area contributed by atoms with Gasteiger partial charge < -0.3 is 15.8 Å². The minimum atomic E-state index is 0.455. The number of piperidine rings is 1. The molecule has 3 aromatic rings. The van der Waals surface area contributed by atoms with Crippen molar-refractivity contribution in [1.29, 1.82) is 0 Å². The maximum atomic E-state index is 6.06. The maximum Gasteiger partial charge on any atom is 0.127 e. The SMILES string of the molecule is C=C(N)c1sc([C@@H]2CCCNC2)nc1-c1ccc(Oc2ccccc2)cc1. The van der Waals surface area contributed by atoms with Gasteiger partial charge in [0.15, 0.2) is 0 Å². The highest BCUT2D eigenvalue weighted by molar-refractivity contribution is 7.13. The Morgan fingerprint density at radius 3 is 2.52 bits per heavy atom. The molecule has 138 valence electrons. The number of hydrogen-bond donors (Lipinski definition) is 2. The molecule has 0 amide bonds. The molecule has 0 aliphatic carbocycles. The number of aromatic nitrogens is 1. The second-order valence-corrected chi connectivity index (χ2v) is 7.77. The van der Waals surface area contributed by atoms with Crippen LogP contribution < -0.4 is 15.8 Å². The average Bonchev–Trinajstić information content (AvgIpc) is 3.16. The summed E-state index contributed by atoms with van der Waals surface area (Å²) in [7, 11) is 0. The molecule has 27 heavy (non-hydrogen) atoms. The fraction of sp³-hybridized carbons (Fsp3) is 0.227. The van der Waals surface area contributed by atoms with Gasteiger partial charge in [0.05, 0.1) is 15.6 Å². The van der Waals surface area contributed by atoms with Gasteiger partial charge in [0.1, 0.15) is 11.5 Å². The van der Waals surface area contributed by atoms with Gasteiger partial charge in [-0.2, -0.15) is 0 Å². The van der Waals surface area contributed by atoms with Gasteiger partial charge in [-0.25, -0.2) is 4.98 Å². The van der Waals surface area contributed by atoms with Crippen LogP contribution in [0.15, 0.2) is 61.2 Å². The molecule has 2 heterocycles. The van der Waals surface area contributed by atoms with Crippen molar-refractivity contribution in [2.45, 2.75) is 18.8 Å². The third-order valence-electron chi connectivity index (χ3n) is 4.69. The maximum absolute atomic E-state index is 6.06. The molecule has 4 nitrogen and oxygen atoms in total. The zero-order chi connectivity index (χ0) is 18.6. The van der Waals surface area contributed by atoms with Gasteiger partial charge >= 0.3 is 0 Å². The molecule has 1 saturated heterocycles. The third-order valence-corrected chi connectivity index (χ3v) is 5.98. The van der Waals surface area contributed by atoms with Crippen molar-refractivity contribution in [3.8, 4) is 22.8 Å². The molecule has 3 N–H and O–H groups in total.